The van der Waals surface area contributed by atoms with Crippen LogP contribution < -0.4 is 16.4 Å². The van der Waals surface area contributed by atoms with Gasteiger partial charge in [0.1, 0.15) is 0 Å². The Labute approximate surface area is 119 Å². The lowest BCUT2D eigenvalue weighted by molar-refractivity contribution is -0.118. The number of hydrogen-bond donors (Lipinski definition) is 3. The van der Waals surface area contributed by atoms with Gasteiger partial charge in [-0.05, 0) is 44.5 Å². The summed E-state index contributed by atoms with van der Waals surface area (Å²) in [5.41, 5.74) is 6.82. The molecule has 1 aromatic rings. The molecule has 4 N–H and O–H groups in total. The smallest absolute Gasteiger partial charge is 0.251 e. The second-order valence-corrected chi connectivity index (χ2v) is 4.69. The topological polar surface area (TPSA) is 84.2 Å². The molecule has 0 spiro atoms. The number of hydrogen-bond acceptors (Lipinski definition) is 3. The molecule has 0 aromatic heterocycles. The SMILES string of the molecule is CNCCc1ccccc1C(=O)NCCCCC(N)=O. The molecule has 0 unspecified atom stereocenters. The van der Waals surface area contributed by atoms with Crippen molar-refractivity contribution in [3.8, 4) is 0 Å². The Kier molecular flexibility index (Phi) is 7.35. The van der Waals surface area contributed by atoms with Gasteiger partial charge in [-0.1, -0.05) is 18.2 Å². The van der Waals surface area contributed by atoms with Gasteiger partial charge >= 0.3 is 0 Å². The van der Waals surface area contributed by atoms with Gasteiger partial charge in [0.15, 0.2) is 0 Å². The van der Waals surface area contributed by atoms with Gasteiger partial charge in [0, 0.05) is 18.5 Å². The van der Waals surface area contributed by atoms with Crippen molar-refractivity contribution in [2.24, 2.45) is 5.73 Å². The molecular formula is C15H23N3O2. The van der Waals surface area contributed by atoms with Crippen molar-refractivity contribution in [1.29, 1.82) is 0 Å². The highest BCUT2D eigenvalue weighted by Crippen LogP contribution is 2.09. The number of benzene rings is 1. The highest BCUT2D eigenvalue weighted by atomic mass is 16.2. The zero-order valence-electron chi connectivity index (χ0n) is 11.9. The minimum atomic E-state index is -0.297. The van der Waals surface area contributed by atoms with Gasteiger partial charge in [0.25, 0.3) is 5.91 Å². The first-order chi connectivity index (χ1) is 9.65. The van der Waals surface area contributed by atoms with Crippen LogP contribution in [0.3, 0.4) is 0 Å². The fraction of sp³-hybridized carbons (Fsp3) is 0.467. The Bertz CT molecular complexity index is 446. The molecule has 1 rings (SSSR count). The van der Waals surface area contributed by atoms with Crippen LogP contribution in [0.2, 0.25) is 0 Å². The van der Waals surface area contributed by atoms with E-state index in [0.29, 0.717) is 19.4 Å². The summed E-state index contributed by atoms with van der Waals surface area (Å²) < 4.78 is 0. The van der Waals surface area contributed by atoms with Crippen molar-refractivity contribution < 1.29 is 9.59 Å². The molecule has 0 aliphatic carbocycles. The molecule has 0 atom stereocenters. The first kappa shape index (κ1) is 16.2. The molecule has 110 valence electrons. The highest BCUT2D eigenvalue weighted by Gasteiger charge is 2.09. The lowest BCUT2D eigenvalue weighted by Gasteiger charge is -2.10. The Morgan fingerprint density at radius 1 is 1.15 bits per heavy atom. The van der Waals surface area contributed by atoms with E-state index >= 15 is 0 Å². The van der Waals surface area contributed by atoms with E-state index in [0.717, 1.165) is 30.5 Å². The number of unbranched alkanes of at least 4 members (excludes halogenated alkanes) is 1. The van der Waals surface area contributed by atoms with Crippen LogP contribution in [-0.2, 0) is 11.2 Å². The van der Waals surface area contributed by atoms with Crippen LogP contribution >= 0.6 is 0 Å². The van der Waals surface area contributed by atoms with E-state index in [1.807, 2.05) is 31.3 Å². The molecule has 0 heterocycles. The Morgan fingerprint density at radius 2 is 1.90 bits per heavy atom. The lowest BCUT2D eigenvalue weighted by Crippen LogP contribution is -2.26. The fourth-order valence-electron chi connectivity index (χ4n) is 1.94. The van der Waals surface area contributed by atoms with Crippen LogP contribution in [0.25, 0.3) is 0 Å². The number of nitrogens with one attached hydrogen (secondary N) is 2. The van der Waals surface area contributed by atoms with Crippen LogP contribution in [0.4, 0.5) is 0 Å². The third-order valence-electron chi connectivity index (χ3n) is 3.04. The number of carbonyl (C=O) groups excluding carboxylic acids is 2. The van der Waals surface area contributed by atoms with Gasteiger partial charge in [-0.15, -0.1) is 0 Å². The summed E-state index contributed by atoms with van der Waals surface area (Å²) in [5.74, 6) is -0.357. The molecule has 0 saturated carbocycles. The average Bonchev–Trinajstić information content (AvgIpc) is 2.44. The van der Waals surface area contributed by atoms with Crippen LogP contribution in [0.15, 0.2) is 24.3 Å². The van der Waals surface area contributed by atoms with E-state index in [9.17, 15) is 9.59 Å². The zero-order chi connectivity index (χ0) is 14.8. The van der Waals surface area contributed by atoms with Gasteiger partial charge in [-0.3, -0.25) is 9.59 Å². The first-order valence-electron chi connectivity index (χ1n) is 6.94. The molecule has 5 heteroatoms. The predicted molar refractivity (Wildman–Crippen MR) is 79.5 cm³/mol. The lowest BCUT2D eigenvalue weighted by atomic mass is 10.0. The fourth-order valence-corrected chi connectivity index (χ4v) is 1.94. The molecule has 0 aliphatic rings. The zero-order valence-corrected chi connectivity index (χ0v) is 11.9. The number of nitrogens with two attached hydrogens (primary N) is 1. The van der Waals surface area contributed by atoms with E-state index < -0.39 is 0 Å². The minimum absolute atomic E-state index is 0.0595. The van der Waals surface area contributed by atoms with E-state index in [1.54, 1.807) is 0 Å². The summed E-state index contributed by atoms with van der Waals surface area (Å²) in [5, 5.41) is 5.96. The molecule has 1 aromatic carbocycles. The number of likely N-dealkylation sites (N-methyl/N-ethyl adjacent to an activating group) is 1. The largest absolute Gasteiger partial charge is 0.370 e. The summed E-state index contributed by atoms with van der Waals surface area (Å²) in [6.45, 7) is 1.40. The van der Waals surface area contributed by atoms with Crippen molar-refractivity contribution >= 4 is 11.8 Å². The molecule has 2 amide bonds. The van der Waals surface area contributed by atoms with Gasteiger partial charge in [0.05, 0.1) is 0 Å². The Balaban J connectivity index is 2.44. The van der Waals surface area contributed by atoms with Gasteiger partial charge < -0.3 is 16.4 Å². The van der Waals surface area contributed by atoms with Crippen molar-refractivity contribution in [3.05, 3.63) is 35.4 Å². The predicted octanol–water partition coefficient (Wildman–Crippen LogP) is 0.834. The maximum absolute atomic E-state index is 12.1. The van der Waals surface area contributed by atoms with E-state index in [2.05, 4.69) is 10.6 Å². The molecule has 0 radical (unpaired) electrons. The van der Waals surface area contributed by atoms with E-state index in [1.165, 1.54) is 0 Å². The molecule has 0 fully saturated rings. The van der Waals surface area contributed by atoms with Crippen LogP contribution in [0.5, 0.6) is 0 Å². The summed E-state index contributed by atoms with van der Waals surface area (Å²) >= 11 is 0. The van der Waals surface area contributed by atoms with Crippen LogP contribution in [0.1, 0.15) is 35.2 Å². The summed E-state index contributed by atoms with van der Waals surface area (Å²) in [6, 6.07) is 7.61. The quantitative estimate of drug-likeness (QED) is 0.585. The second kappa shape index (κ2) is 9.09. The summed E-state index contributed by atoms with van der Waals surface area (Å²) in [7, 11) is 1.89. The van der Waals surface area contributed by atoms with Crippen LogP contribution in [0, 0.1) is 0 Å². The number of amides is 2. The standard InChI is InChI=1S/C15H23N3O2/c1-17-11-9-12-6-2-3-7-13(12)15(20)18-10-5-4-8-14(16)19/h2-3,6-7,17H,4-5,8-11H2,1H3,(H2,16,19)(H,18,20). The first-order valence-corrected chi connectivity index (χ1v) is 6.94. The maximum Gasteiger partial charge on any atom is 0.251 e. The minimum Gasteiger partial charge on any atom is -0.370 e. The summed E-state index contributed by atoms with van der Waals surface area (Å²) in [6.07, 6.45) is 2.65. The molecule has 20 heavy (non-hydrogen) atoms. The summed E-state index contributed by atoms with van der Waals surface area (Å²) in [4.78, 5) is 22.7. The third-order valence-corrected chi connectivity index (χ3v) is 3.04. The van der Waals surface area contributed by atoms with E-state index in [-0.39, 0.29) is 11.8 Å². The van der Waals surface area contributed by atoms with Crippen molar-refractivity contribution in [3.63, 3.8) is 0 Å². The van der Waals surface area contributed by atoms with Crippen molar-refractivity contribution in [2.45, 2.75) is 25.7 Å². The molecule has 5 nitrogen and oxygen atoms in total. The molecule has 0 saturated heterocycles. The molecule has 0 aliphatic heterocycles. The van der Waals surface area contributed by atoms with Gasteiger partial charge in [-0.25, -0.2) is 0 Å². The highest BCUT2D eigenvalue weighted by molar-refractivity contribution is 5.95. The van der Waals surface area contributed by atoms with Crippen LogP contribution in [-0.4, -0.2) is 32.0 Å². The van der Waals surface area contributed by atoms with Gasteiger partial charge in [-0.2, -0.15) is 0 Å². The number of carbonyl (C=O) groups is 2. The Hall–Kier alpha value is -1.88. The number of rotatable bonds is 9. The van der Waals surface area contributed by atoms with E-state index in [4.69, 9.17) is 5.73 Å². The normalized spacial score (nSPS) is 10.2. The third kappa shape index (κ3) is 5.84. The molecule has 0 bridgehead atoms. The van der Waals surface area contributed by atoms with Crippen molar-refractivity contribution in [1.82, 2.24) is 10.6 Å². The number of primary amides is 1. The monoisotopic (exact) mass is 277 g/mol. The Morgan fingerprint density at radius 3 is 2.60 bits per heavy atom. The maximum atomic E-state index is 12.1. The second-order valence-electron chi connectivity index (χ2n) is 4.69. The average molecular weight is 277 g/mol. The van der Waals surface area contributed by atoms with Crippen molar-refractivity contribution in [2.75, 3.05) is 20.1 Å². The van der Waals surface area contributed by atoms with Gasteiger partial charge in [0.2, 0.25) is 5.91 Å². The molecular weight excluding hydrogens is 254 g/mol.